The summed E-state index contributed by atoms with van der Waals surface area (Å²) < 4.78 is 24.0. The fourth-order valence-corrected chi connectivity index (χ4v) is 1.42. The third-order valence-electron chi connectivity index (χ3n) is 2.26. The van der Waals surface area contributed by atoms with Crippen LogP contribution >= 0.6 is 0 Å². The number of ether oxygens (including phenoxy) is 2. The molecule has 0 amide bonds. The van der Waals surface area contributed by atoms with Gasteiger partial charge in [0.2, 0.25) is 0 Å². The van der Waals surface area contributed by atoms with E-state index in [4.69, 9.17) is 9.47 Å². The van der Waals surface area contributed by atoms with E-state index in [0.29, 0.717) is 17.1 Å². The molecule has 0 fully saturated rings. The van der Waals surface area contributed by atoms with Gasteiger partial charge in [-0.05, 0) is 36.8 Å². The Kier molecular flexibility index (Phi) is 3.28. The van der Waals surface area contributed by atoms with E-state index in [0.717, 1.165) is 0 Å². The molecule has 0 atom stereocenters. The lowest BCUT2D eigenvalue weighted by Gasteiger charge is -2.08. The average molecular weight is 231 g/mol. The summed E-state index contributed by atoms with van der Waals surface area (Å²) in [6.45, 7) is 3.73. The normalized spacial score (nSPS) is 10.1. The fourth-order valence-electron chi connectivity index (χ4n) is 1.42. The molecule has 0 saturated carbocycles. The third kappa shape index (κ3) is 2.75. The summed E-state index contributed by atoms with van der Waals surface area (Å²) >= 11 is 0. The first-order valence-electron chi connectivity index (χ1n) is 5.12. The highest BCUT2D eigenvalue weighted by Gasteiger charge is 2.05. The summed E-state index contributed by atoms with van der Waals surface area (Å²) in [5.74, 6) is 0.925. The maximum absolute atomic E-state index is 13.5. The van der Waals surface area contributed by atoms with E-state index >= 15 is 0 Å². The Labute approximate surface area is 99.6 Å². The van der Waals surface area contributed by atoms with Crippen molar-refractivity contribution in [2.24, 2.45) is 0 Å². The average Bonchev–Trinajstić information content (AvgIpc) is 2.34. The summed E-state index contributed by atoms with van der Waals surface area (Å²) in [6.07, 6.45) is 0. The molecule has 2 aromatic rings. The lowest BCUT2D eigenvalue weighted by molar-refractivity contribution is 0.405. The molecular formula is C14H12FO2. The van der Waals surface area contributed by atoms with Gasteiger partial charge in [-0.15, -0.1) is 0 Å². The molecule has 0 aromatic heterocycles. The number of methoxy groups -OCH3 is 1. The highest BCUT2D eigenvalue weighted by molar-refractivity contribution is 5.39. The molecule has 0 bridgehead atoms. The Morgan fingerprint density at radius 3 is 2.59 bits per heavy atom. The molecule has 0 unspecified atom stereocenters. The van der Waals surface area contributed by atoms with E-state index in [1.807, 2.05) is 0 Å². The van der Waals surface area contributed by atoms with Crippen LogP contribution in [0.1, 0.15) is 5.56 Å². The first kappa shape index (κ1) is 11.5. The molecule has 17 heavy (non-hydrogen) atoms. The summed E-state index contributed by atoms with van der Waals surface area (Å²) in [4.78, 5) is 0. The van der Waals surface area contributed by atoms with Gasteiger partial charge < -0.3 is 9.47 Å². The van der Waals surface area contributed by atoms with E-state index in [2.05, 4.69) is 6.92 Å². The molecule has 0 aliphatic rings. The summed E-state index contributed by atoms with van der Waals surface area (Å²) in [7, 11) is 1.57. The van der Waals surface area contributed by atoms with Crippen LogP contribution in [-0.2, 0) is 0 Å². The Morgan fingerprint density at radius 1 is 1.06 bits per heavy atom. The van der Waals surface area contributed by atoms with E-state index in [1.165, 1.54) is 6.07 Å². The number of halogens is 1. The number of hydrogen-bond acceptors (Lipinski definition) is 2. The molecule has 3 heteroatoms. The topological polar surface area (TPSA) is 18.5 Å². The van der Waals surface area contributed by atoms with Crippen molar-refractivity contribution >= 4 is 0 Å². The van der Waals surface area contributed by atoms with Crippen LogP contribution in [0.25, 0.3) is 0 Å². The second-order valence-corrected chi connectivity index (χ2v) is 3.55. The summed E-state index contributed by atoms with van der Waals surface area (Å²) in [6, 6.07) is 11.5. The molecule has 0 saturated heterocycles. The zero-order chi connectivity index (χ0) is 12.3. The van der Waals surface area contributed by atoms with Gasteiger partial charge in [-0.3, -0.25) is 0 Å². The zero-order valence-corrected chi connectivity index (χ0v) is 9.44. The molecule has 1 radical (unpaired) electrons. The van der Waals surface area contributed by atoms with E-state index in [1.54, 1.807) is 43.5 Å². The smallest absolute Gasteiger partial charge is 0.165 e. The molecular weight excluding hydrogens is 219 g/mol. The van der Waals surface area contributed by atoms with Crippen molar-refractivity contribution < 1.29 is 13.9 Å². The van der Waals surface area contributed by atoms with E-state index in [9.17, 15) is 4.39 Å². The molecule has 0 aliphatic heterocycles. The lowest BCUT2D eigenvalue weighted by atomic mass is 10.2. The van der Waals surface area contributed by atoms with Crippen LogP contribution in [0.3, 0.4) is 0 Å². The molecule has 2 nitrogen and oxygen atoms in total. The second kappa shape index (κ2) is 4.87. The van der Waals surface area contributed by atoms with Crippen molar-refractivity contribution in [3.05, 3.63) is 60.8 Å². The Hall–Kier alpha value is -2.03. The molecule has 0 N–H and O–H groups in total. The molecule has 2 aromatic carbocycles. The van der Waals surface area contributed by atoms with Crippen LogP contribution in [0.2, 0.25) is 0 Å². The lowest BCUT2D eigenvalue weighted by Crippen LogP contribution is -1.90. The van der Waals surface area contributed by atoms with Crippen LogP contribution < -0.4 is 9.47 Å². The minimum absolute atomic E-state index is 0.158. The van der Waals surface area contributed by atoms with Crippen molar-refractivity contribution in [2.75, 3.05) is 7.11 Å². The fraction of sp³-hybridized carbons (Fsp3) is 0.0714. The Balaban J connectivity index is 2.27. The van der Waals surface area contributed by atoms with Gasteiger partial charge in [-0.1, -0.05) is 12.1 Å². The number of benzene rings is 2. The van der Waals surface area contributed by atoms with Crippen molar-refractivity contribution in [1.82, 2.24) is 0 Å². The van der Waals surface area contributed by atoms with Crippen molar-refractivity contribution in [3.8, 4) is 17.2 Å². The third-order valence-corrected chi connectivity index (χ3v) is 2.26. The quantitative estimate of drug-likeness (QED) is 0.799. The van der Waals surface area contributed by atoms with Crippen LogP contribution in [0.15, 0.2) is 42.5 Å². The predicted octanol–water partition coefficient (Wildman–Crippen LogP) is 3.81. The van der Waals surface area contributed by atoms with Gasteiger partial charge in [0.1, 0.15) is 11.5 Å². The Morgan fingerprint density at radius 2 is 1.82 bits per heavy atom. The van der Waals surface area contributed by atoms with Gasteiger partial charge in [-0.25, -0.2) is 4.39 Å². The molecule has 2 rings (SSSR count). The van der Waals surface area contributed by atoms with Gasteiger partial charge in [0.15, 0.2) is 11.6 Å². The van der Waals surface area contributed by atoms with Gasteiger partial charge in [0.25, 0.3) is 0 Å². The predicted molar refractivity (Wildman–Crippen MR) is 63.9 cm³/mol. The van der Waals surface area contributed by atoms with Crippen LogP contribution in [0.5, 0.6) is 17.2 Å². The van der Waals surface area contributed by atoms with Gasteiger partial charge in [0.05, 0.1) is 7.11 Å². The van der Waals surface area contributed by atoms with Crippen molar-refractivity contribution in [1.29, 1.82) is 0 Å². The monoisotopic (exact) mass is 231 g/mol. The van der Waals surface area contributed by atoms with Gasteiger partial charge in [0, 0.05) is 6.07 Å². The minimum Gasteiger partial charge on any atom is -0.497 e. The van der Waals surface area contributed by atoms with E-state index < -0.39 is 5.82 Å². The summed E-state index contributed by atoms with van der Waals surface area (Å²) in [5.41, 5.74) is 0.698. The number of hydrogen-bond donors (Lipinski definition) is 0. The van der Waals surface area contributed by atoms with Gasteiger partial charge >= 0.3 is 0 Å². The maximum Gasteiger partial charge on any atom is 0.165 e. The van der Waals surface area contributed by atoms with Crippen LogP contribution in [0.4, 0.5) is 4.39 Å². The molecule has 0 aliphatic carbocycles. The molecule has 0 spiro atoms. The first-order valence-corrected chi connectivity index (χ1v) is 5.12. The number of rotatable bonds is 3. The van der Waals surface area contributed by atoms with Crippen molar-refractivity contribution in [2.45, 2.75) is 0 Å². The SMILES string of the molecule is [CH2]c1ccc(F)c(Oc2cccc(OC)c2)c1. The van der Waals surface area contributed by atoms with Gasteiger partial charge in [-0.2, -0.15) is 0 Å². The zero-order valence-electron chi connectivity index (χ0n) is 9.44. The largest absolute Gasteiger partial charge is 0.497 e. The molecule has 87 valence electrons. The minimum atomic E-state index is -0.416. The Bertz CT molecular complexity index is 523. The van der Waals surface area contributed by atoms with Crippen LogP contribution in [0, 0.1) is 12.7 Å². The maximum atomic E-state index is 13.5. The summed E-state index contributed by atoms with van der Waals surface area (Å²) in [5, 5.41) is 0. The molecule has 0 heterocycles. The standard InChI is InChI=1S/C14H12FO2/c1-10-6-7-13(15)14(8-10)17-12-5-3-4-11(9-12)16-2/h3-9H,1H2,2H3. The highest BCUT2D eigenvalue weighted by Crippen LogP contribution is 2.27. The van der Waals surface area contributed by atoms with Crippen LogP contribution in [-0.4, -0.2) is 7.11 Å². The van der Waals surface area contributed by atoms with Crippen molar-refractivity contribution in [3.63, 3.8) is 0 Å². The highest BCUT2D eigenvalue weighted by atomic mass is 19.1. The second-order valence-electron chi connectivity index (χ2n) is 3.55. The first-order chi connectivity index (χ1) is 8.19. The van der Waals surface area contributed by atoms with E-state index in [-0.39, 0.29) is 5.75 Å².